The van der Waals surface area contributed by atoms with Gasteiger partial charge in [0.25, 0.3) is 0 Å². The quantitative estimate of drug-likeness (QED) is 0.171. The zero-order chi connectivity index (χ0) is 33.7. The van der Waals surface area contributed by atoms with Crippen molar-refractivity contribution in [2.24, 2.45) is 0 Å². The van der Waals surface area contributed by atoms with E-state index >= 15 is 0 Å². The minimum absolute atomic E-state index is 0.932. The average Bonchev–Trinajstić information content (AvgIpc) is 3.46. The summed E-state index contributed by atoms with van der Waals surface area (Å²) in [5.41, 5.74) is 14.9. The third-order valence-corrected chi connectivity index (χ3v) is 11.1. The SMILES string of the molecule is C1=CCC2=C(C=C1)N(c1ccccc1)CC1=C2C=C(c2c3ccccc3c(-c3ccc(-c4cccc5ccccc45)cc3)c3ccccc23)CC1. The second kappa shape index (κ2) is 12.3. The van der Waals surface area contributed by atoms with E-state index in [0.717, 1.165) is 25.8 Å². The number of allylic oxidation sites excluding steroid dienone is 8. The Morgan fingerprint density at radius 2 is 1.12 bits per heavy atom. The van der Waals surface area contributed by atoms with Crippen molar-refractivity contribution in [3.05, 3.63) is 204 Å². The van der Waals surface area contributed by atoms with E-state index in [9.17, 15) is 0 Å². The minimum atomic E-state index is 0.932. The van der Waals surface area contributed by atoms with Crippen LogP contribution in [0.4, 0.5) is 5.69 Å². The van der Waals surface area contributed by atoms with E-state index in [4.69, 9.17) is 0 Å². The molecule has 0 amide bonds. The maximum absolute atomic E-state index is 2.55. The number of para-hydroxylation sites is 1. The molecular formula is C50H37N. The first-order valence-corrected chi connectivity index (χ1v) is 18.2. The second-order valence-corrected chi connectivity index (χ2v) is 13.9. The molecular weight excluding hydrogens is 615 g/mol. The predicted molar refractivity (Wildman–Crippen MR) is 218 cm³/mol. The molecule has 1 heteroatoms. The highest BCUT2D eigenvalue weighted by atomic mass is 15.1. The average molecular weight is 652 g/mol. The summed E-state index contributed by atoms with van der Waals surface area (Å²) in [6.45, 7) is 0.932. The highest BCUT2D eigenvalue weighted by Crippen LogP contribution is 2.47. The Morgan fingerprint density at radius 3 is 1.86 bits per heavy atom. The van der Waals surface area contributed by atoms with Crippen molar-refractivity contribution in [1.29, 1.82) is 0 Å². The summed E-state index contributed by atoms with van der Waals surface area (Å²) in [5.74, 6) is 0. The van der Waals surface area contributed by atoms with Crippen molar-refractivity contribution in [2.45, 2.75) is 19.3 Å². The van der Waals surface area contributed by atoms with Gasteiger partial charge in [0.1, 0.15) is 0 Å². The number of benzene rings is 7. The molecule has 0 aromatic heterocycles. The van der Waals surface area contributed by atoms with Gasteiger partial charge in [0, 0.05) is 17.9 Å². The first-order chi connectivity index (χ1) is 25.3. The van der Waals surface area contributed by atoms with E-state index in [1.165, 1.54) is 88.2 Å². The molecule has 1 heterocycles. The molecule has 0 bridgehead atoms. The molecule has 0 saturated carbocycles. The molecule has 0 radical (unpaired) electrons. The second-order valence-electron chi connectivity index (χ2n) is 13.9. The van der Waals surface area contributed by atoms with Crippen molar-refractivity contribution in [1.82, 2.24) is 0 Å². The van der Waals surface area contributed by atoms with Crippen LogP contribution in [0.3, 0.4) is 0 Å². The molecule has 1 aliphatic heterocycles. The Labute approximate surface area is 299 Å². The summed E-state index contributed by atoms with van der Waals surface area (Å²) >= 11 is 0. The van der Waals surface area contributed by atoms with Gasteiger partial charge >= 0.3 is 0 Å². The van der Waals surface area contributed by atoms with Crippen LogP contribution in [0.15, 0.2) is 198 Å². The maximum Gasteiger partial charge on any atom is 0.0455 e. The largest absolute Gasteiger partial charge is 0.337 e. The van der Waals surface area contributed by atoms with Gasteiger partial charge in [0.2, 0.25) is 0 Å². The topological polar surface area (TPSA) is 3.24 Å². The number of hydrogen-bond donors (Lipinski definition) is 0. The minimum Gasteiger partial charge on any atom is -0.337 e. The van der Waals surface area contributed by atoms with Crippen LogP contribution >= 0.6 is 0 Å². The van der Waals surface area contributed by atoms with Crippen LogP contribution in [0.1, 0.15) is 24.8 Å². The fourth-order valence-corrected chi connectivity index (χ4v) is 8.74. The lowest BCUT2D eigenvalue weighted by Gasteiger charge is -2.37. The van der Waals surface area contributed by atoms with Gasteiger partial charge < -0.3 is 4.90 Å². The number of anilines is 1. The summed E-state index contributed by atoms with van der Waals surface area (Å²) in [7, 11) is 0. The van der Waals surface area contributed by atoms with Crippen LogP contribution in [-0.4, -0.2) is 6.54 Å². The molecule has 0 unspecified atom stereocenters. The Kier molecular flexibility index (Phi) is 7.17. The number of nitrogens with zero attached hydrogens (tertiary/aromatic N) is 1. The van der Waals surface area contributed by atoms with Gasteiger partial charge in [-0.25, -0.2) is 0 Å². The fourth-order valence-electron chi connectivity index (χ4n) is 8.74. The predicted octanol–water partition coefficient (Wildman–Crippen LogP) is 13.2. The molecule has 10 rings (SSSR count). The first-order valence-electron chi connectivity index (χ1n) is 18.2. The van der Waals surface area contributed by atoms with E-state index in [1.807, 2.05) is 0 Å². The fraction of sp³-hybridized carbons (Fsp3) is 0.0800. The van der Waals surface area contributed by atoms with E-state index < -0.39 is 0 Å². The van der Waals surface area contributed by atoms with Crippen LogP contribution in [0.2, 0.25) is 0 Å². The number of hydrogen-bond acceptors (Lipinski definition) is 1. The van der Waals surface area contributed by atoms with Gasteiger partial charge in [0.15, 0.2) is 0 Å². The smallest absolute Gasteiger partial charge is 0.0455 e. The lowest BCUT2D eigenvalue weighted by Crippen LogP contribution is -2.30. The zero-order valence-corrected chi connectivity index (χ0v) is 28.5. The molecule has 0 saturated heterocycles. The van der Waals surface area contributed by atoms with Gasteiger partial charge in [0.05, 0.1) is 0 Å². The molecule has 242 valence electrons. The third kappa shape index (κ3) is 5.00. The molecule has 1 nitrogen and oxygen atoms in total. The van der Waals surface area contributed by atoms with Gasteiger partial charge in [-0.15, -0.1) is 0 Å². The van der Waals surface area contributed by atoms with Crippen molar-refractivity contribution < 1.29 is 0 Å². The standard InChI is InChI=1S/C50H37N/c1-3-16-39(17-4-1)51-33-38-31-30-37(32-47(38)42-19-5-2-6-25-48(42)51)50-45-22-11-9-20-43(45)49(44-21-10-12-23-46(44)50)36-28-26-35(27-29-36)41-24-13-15-34-14-7-8-18-40(34)41/h1-18,20-29,32H,19,30-31,33H2. The lowest BCUT2D eigenvalue weighted by molar-refractivity contribution is 0.840. The monoisotopic (exact) mass is 651 g/mol. The molecule has 0 spiro atoms. The molecule has 2 aliphatic carbocycles. The first kappa shape index (κ1) is 29.7. The highest BCUT2D eigenvalue weighted by molar-refractivity contribution is 6.19. The molecule has 0 atom stereocenters. The van der Waals surface area contributed by atoms with Crippen LogP contribution in [0.5, 0.6) is 0 Å². The normalized spacial score (nSPS) is 15.7. The molecule has 7 aromatic carbocycles. The van der Waals surface area contributed by atoms with Crippen molar-refractivity contribution in [3.63, 3.8) is 0 Å². The molecule has 0 N–H and O–H groups in total. The highest BCUT2D eigenvalue weighted by Gasteiger charge is 2.29. The van der Waals surface area contributed by atoms with Gasteiger partial charge in [-0.3, -0.25) is 0 Å². The Bertz CT molecular complexity index is 2600. The number of rotatable bonds is 4. The summed E-state index contributed by atoms with van der Waals surface area (Å²) in [5, 5.41) is 7.84. The van der Waals surface area contributed by atoms with Crippen LogP contribution < -0.4 is 4.90 Å². The van der Waals surface area contributed by atoms with Gasteiger partial charge in [-0.1, -0.05) is 158 Å². The molecule has 0 fully saturated rings. The van der Waals surface area contributed by atoms with E-state index in [2.05, 4.69) is 181 Å². The molecule has 51 heavy (non-hydrogen) atoms. The lowest BCUT2D eigenvalue weighted by atomic mass is 9.78. The van der Waals surface area contributed by atoms with E-state index in [0.29, 0.717) is 0 Å². The van der Waals surface area contributed by atoms with Crippen molar-refractivity contribution in [2.75, 3.05) is 11.4 Å². The van der Waals surface area contributed by atoms with E-state index in [-0.39, 0.29) is 0 Å². The van der Waals surface area contributed by atoms with E-state index in [1.54, 1.807) is 5.57 Å². The summed E-state index contributed by atoms with van der Waals surface area (Å²) in [6, 6.07) is 53.6. The Hall–Kier alpha value is -6.18. The summed E-state index contributed by atoms with van der Waals surface area (Å²) in [4.78, 5) is 2.52. The number of fused-ring (bicyclic) bond motifs is 4. The van der Waals surface area contributed by atoms with Gasteiger partial charge in [-0.05, 0) is 120 Å². The van der Waals surface area contributed by atoms with Crippen LogP contribution in [-0.2, 0) is 0 Å². The van der Waals surface area contributed by atoms with Crippen LogP contribution in [0, 0.1) is 0 Å². The van der Waals surface area contributed by atoms with Crippen molar-refractivity contribution >= 4 is 43.6 Å². The summed E-state index contributed by atoms with van der Waals surface area (Å²) in [6.07, 6.45) is 14.6. The Morgan fingerprint density at radius 1 is 0.490 bits per heavy atom. The van der Waals surface area contributed by atoms with Crippen LogP contribution in [0.25, 0.3) is 60.1 Å². The van der Waals surface area contributed by atoms with Gasteiger partial charge in [-0.2, -0.15) is 0 Å². The molecule has 3 aliphatic rings. The maximum atomic E-state index is 2.55. The summed E-state index contributed by atoms with van der Waals surface area (Å²) < 4.78 is 0. The Balaban J connectivity index is 1.12. The zero-order valence-electron chi connectivity index (χ0n) is 28.5. The third-order valence-electron chi connectivity index (χ3n) is 11.1. The molecule has 7 aromatic rings. The van der Waals surface area contributed by atoms with Crippen molar-refractivity contribution in [3.8, 4) is 22.3 Å².